The van der Waals surface area contributed by atoms with Crippen LogP contribution in [0, 0.1) is 16.0 Å². The highest BCUT2D eigenvalue weighted by atomic mass is 35.5. The second-order valence-electron chi connectivity index (χ2n) is 3.98. The third-order valence-corrected chi connectivity index (χ3v) is 2.46. The molecule has 0 aliphatic carbocycles. The molecule has 1 heterocycles. The normalized spacial score (nSPS) is 12.2. The Labute approximate surface area is 108 Å². The molecule has 1 aromatic rings. The zero-order valence-corrected chi connectivity index (χ0v) is 10.5. The van der Waals surface area contributed by atoms with Gasteiger partial charge in [-0.2, -0.15) is 0 Å². The van der Waals surface area contributed by atoms with Gasteiger partial charge >= 0.3 is 11.7 Å². The number of carboxylic acids is 1. The van der Waals surface area contributed by atoms with Gasteiger partial charge in [0.15, 0.2) is 0 Å². The quantitative estimate of drug-likeness (QED) is 0.629. The molecule has 1 aromatic heterocycles. The molecular formula is C10H12ClN3O4. The zero-order valence-electron chi connectivity index (χ0n) is 9.75. The fourth-order valence-corrected chi connectivity index (χ4v) is 1.49. The summed E-state index contributed by atoms with van der Waals surface area (Å²) in [6.07, 6.45) is 1.22. The lowest BCUT2D eigenvalue weighted by atomic mass is 10.0. The average molecular weight is 274 g/mol. The number of anilines is 1. The van der Waals surface area contributed by atoms with E-state index in [2.05, 4.69) is 10.3 Å². The van der Waals surface area contributed by atoms with Gasteiger partial charge in [-0.3, -0.25) is 10.1 Å². The van der Waals surface area contributed by atoms with E-state index < -0.39 is 16.9 Å². The third-order valence-electron chi connectivity index (χ3n) is 2.26. The van der Waals surface area contributed by atoms with Crippen LogP contribution in [0.2, 0.25) is 5.02 Å². The highest BCUT2D eigenvalue weighted by molar-refractivity contribution is 6.30. The summed E-state index contributed by atoms with van der Waals surface area (Å²) in [4.78, 5) is 24.9. The predicted octanol–water partition coefficient (Wildman–Crippen LogP) is 2.16. The minimum atomic E-state index is -1.10. The number of nitrogens with one attached hydrogen (secondary N) is 1. The summed E-state index contributed by atoms with van der Waals surface area (Å²) in [7, 11) is 0. The minimum Gasteiger partial charge on any atom is -0.480 e. The van der Waals surface area contributed by atoms with Gasteiger partial charge in [-0.15, -0.1) is 0 Å². The topological polar surface area (TPSA) is 105 Å². The molecule has 0 spiro atoms. The van der Waals surface area contributed by atoms with Crippen molar-refractivity contribution in [3.8, 4) is 0 Å². The van der Waals surface area contributed by atoms with Crippen molar-refractivity contribution in [3.63, 3.8) is 0 Å². The second kappa shape index (κ2) is 5.63. The molecule has 2 N–H and O–H groups in total. The number of aromatic nitrogens is 1. The first-order valence-corrected chi connectivity index (χ1v) is 5.50. The van der Waals surface area contributed by atoms with E-state index in [-0.39, 0.29) is 22.4 Å². The molecule has 1 unspecified atom stereocenters. The van der Waals surface area contributed by atoms with Crippen LogP contribution in [0.15, 0.2) is 12.3 Å². The largest absolute Gasteiger partial charge is 0.480 e. The Morgan fingerprint density at radius 1 is 1.61 bits per heavy atom. The number of nitro groups is 1. The van der Waals surface area contributed by atoms with Crippen LogP contribution in [-0.2, 0) is 4.79 Å². The van der Waals surface area contributed by atoms with Gasteiger partial charge in [-0.05, 0) is 5.92 Å². The van der Waals surface area contributed by atoms with E-state index in [1.165, 1.54) is 6.20 Å². The number of carboxylic acid groups (broad SMARTS) is 1. The van der Waals surface area contributed by atoms with Gasteiger partial charge in [0, 0.05) is 12.3 Å². The molecule has 1 atom stereocenters. The predicted molar refractivity (Wildman–Crippen MR) is 65.8 cm³/mol. The maximum atomic E-state index is 11.0. The van der Waals surface area contributed by atoms with Gasteiger partial charge in [0.1, 0.15) is 6.04 Å². The van der Waals surface area contributed by atoms with Crippen LogP contribution in [-0.4, -0.2) is 27.0 Å². The van der Waals surface area contributed by atoms with Gasteiger partial charge in [0.05, 0.1) is 9.95 Å². The maximum absolute atomic E-state index is 11.0. The molecule has 7 nitrogen and oxygen atoms in total. The van der Waals surface area contributed by atoms with Crippen molar-refractivity contribution in [1.29, 1.82) is 0 Å². The van der Waals surface area contributed by atoms with E-state index in [4.69, 9.17) is 16.7 Å². The van der Waals surface area contributed by atoms with Crippen molar-refractivity contribution >= 4 is 29.1 Å². The summed E-state index contributed by atoms with van der Waals surface area (Å²) in [5.74, 6) is -1.46. The first kappa shape index (κ1) is 14.2. The zero-order chi connectivity index (χ0) is 13.9. The average Bonchev–Trinajstić information content (AvgIpc) is 2.25. The number of hydrogen-bond acceptors (Lipinski definition) is 5. The summed E-state index contributed by atoms with van der Waals surface area (Å²) in [5, 5.41) is 22.5. The summed E-state index contributed by atoms with van der Waals surface area (Å²) in [5.41, 5.74) is -0.352. The van der Waals surface area contributed by atoms with Gasteiger partial charge in [-0.1, -0.05) is 25.4 Å². The number of halogens is 1. The standard InChI is InChI=1S/C10H12ClN3O4/c1-5(2)8(10(15)16)13-9-7(14(17)18)3-6(11)4-12-9/h3-5,8H,1-2H3,(H,12,13)(H,15,16). The fourth-order valence-electron chi connectivity index (χ4n) is 1.34. The molecule has 0 amide bonds. The minimum absolute atomic E-state index is 0.106. The molecule has 0 aliphatic heterocycles. The molecule has 0 fully saturated rings. The molecule has 0 bridgehead atoms. The molecule has 18 heavy (non-hydrogen) atoms. The lowest BCUT2D eigenvalue weighted by molar-refractivity contribution is -0.384. The van der Waals surface area contributed by atoms with Crippen LogP contribution in [0.3, 0.4) is 0 Å². The number of carbonyl (C=O) groups is 1. The summed E-state index contributed by atoms with van der Waals surface area (Å²) in [6, 6.07) is 0.160. The maximum Gasteiger partial charge on any atom is 0.326 e. The van der Waals surface area contributed by atoms with Gasteiger partial charge in [0.25, 0.3) is 0 Å². The number of hydrogen-bond donors (Lipinski definition) is 2. The van der Waals surface area contributed by atoms with Crippen molar-refractivity contribution in [3.05, 3.63) is 27.4 Å². The molecule has 0 saturated carbocycles. The van der Waals surface area contributed by atoms with Gasteiger partial charge in [-0.25, -0.2) is 9.78 Å². The van der Waals surface area contributed by atoms with Crippen molar-refractivity contribution in [2.45, 2.75) is 19.9 Å². The molecule has 0 radical (unpaired) electrons. The Morgan fingerprint density at radius 3 is 2.67 bits per heavy atom. The van der Waals surface area contributed by atoms with Crippen LogP contribution >= 0.6 is 11.6 Å². The molecular weight excluding hydrogens is 262 g/mol. The van der Waals surface area contributed by atoms with E-state index in [9.17, 15) is 14.9 Å². The van der Waals surface area contributed by atoms with Gasteiger partial charge < -0.3 is 10.4 Å². The van der Waals surface area contributed by atoms with E-state index in [1.807, 2.05) is 0 Å². The summed E-state index contributed by atoms with van der Waals surface area (Å²) < 4.78 is 0. The highest BCUT2D eigenvalue weighted by Gasteiger charge is 2.25. The van der Waals surface area contributed by atoms with E-state index in [0.717, 1.165) is 6.07 Å². The Balaban J connectivity index is 3.10. The van der Waals surface area contributed by atoms with E-state index >= 15 is 0 Å². The first-order valence-electron chi connectivity index (χ1n) is 5.12. The second-order valence-corrected chi connectivity index (χ2v) is 4.42. The first-order chi connectivity index (χ1) is 8.32. The van der Waals surface area contributed by atoms with E-state index in [1.54, 1.807) is 13.8 Å². The molecule has 0 aromatic carbocycles. The van der Waals surface area contributed by atoms with Crippen molar-refractivity contribution in [1.82, 2.24) is 4.98 Å². The molecule has 0 saturated heterocycles. The Bertz CT molecular complexity index is 478. The Hall–Kier alpha value is -1.89. The monoisotopic (exact) mass is 273 g/mol. The molecule has 8 heteroatoms. The summed E-state index contributed by atoms with van der Waals surface area (Å²) >= 11 is 5.61. The lowest BCUT2D eigenvalue weighted by Crippen LogP contribution is -2.34. The number of rotatable bonds is 5. The molecule has 98 valence electrons. The van der Waals surface area contributed by atoms with Crippen LogP contribution < -0.4 is 5.32 Å². The SMILES string of the molecule is CC(C)C(Nc1ncc(Cl)cc1[N+](=O)[O-])C(=O)O. The fraction of sp³-hybridized carbons (Fsp3) is 0.400. The van der Waals surface area contributed by atoms with Crippen LogP contribution in [0.1, 0.15) is 13.8 Å². The number of nitrogens with zero attached hydrogens (tertiary/aromatic N) is 2. The number of aliphatic carboxylic acids is 1. The summed E-state index contributed by atoms with van der Waals surface area (Å²) in [6.45, 7) is 3.38. The Kier molecular flexibility index (Phi) is 4.43. The van der Waals surface area contributed by atoms with Crippen LogP contribution in [0.4, 0.5) is 11.5 Å². The number of pyridine rings is 1. The van der Waals surface area contributed by atoms with E-state index in [0.29, 0.717) is 0 Å². The van der Waals surface area contributed by atoms with Gasteiger partial charge in [0.2, 0.25) is 5.82 Å². The van der Waals surface area contributed by atoms with Crippen molar-refractivity contribution in [2.75, 3.05) is 5.32 Å². The van der Waals surface area contributed by atoms with Crippen molar-refractivity contribution < 1.29 is 14.8 Å². The molecule has 0 aliphatic rings. The molecule has 1 rings (SSSR count). The third kappa shape index (κ3) is 3.30. The highest BCUT2D eigenvalue weighted by Crippen LogP contribution is 2.26. The van der Waals surface area contributed by atoms with Crippen LogP contribution in [0.5, 0.6) is 0 Å². The smallest absolute Gasteiger partial charge is 0.326 e. The van der Waals surface area contributed by atoms with Crippen molar-refractivity contribution in [2.24, 2.45) is 5.92 Å². The Morgan fingerprint density at radius 2 is 2.22 bits per heavy atom. The lowest BCUT2D eigenvalue weighted by Gasteiger charge is -2.18. The van der Waals surface area contributed by atoms with Crippen LogP contribution in [0.25, 0.3) is 0 Å².